The van der Waals surface area contributed by atoms with Gasteiger partial charge in [0, 0.05) is 37.1 Å². The Morgan fingerprint density at radius 3 is 2.41 bits per heavy atom. The maximum atomic E-state index is 13.6. The highest BCUT2D eigenvalue weighted by Crippen LogP contribution is 2.39. The Balaban J connectivity index is 1.87. The van der Waals surface area contributed by atoms with Crippen molar-refractivity contribution in [1.29, 1.82) is 0 Å². The van der Waals surface area contributed by atoms with E-state index in [9.17, 15) is 14.0 Å². The monoisotopic (exact) mass is 465 g/mol. The third-order valence-corrected chi connectivity index (χ3v) is 5.57. The molecule has 1 atom stereocenters. The van der Waals surface area contributed by atoms with Crippen molar-refractivity contribution in [3.8, 4) is 22.4 Å². The lowest BCUT2D eigenvalue weighted by Gasteiger charge is -2.35. The Morgan fingerprint density at radius 2 is 1.79 bits per heavy atom. The summed E-state index contributed by atoms with van der Waals surface area (Å²) in [5.41, 5.74) is 3.17. The predicted molar refractivity (Wildman–Crippen MR) is 125 cm³/mol. The average molecular weight is 466 g/mol. The highest BCUT2D eigenvalue weighted by molar-refractivity contribution is 5.83. The van der Waals surface area contributed by atoms with Crippen molar-refractivity contribution >= 4 is 12.0 Å². The fourth-order valence-electron chi connectivity index (χ4n) is 4.06. The third kappa shape index (κ3) is 4.93. The summed E-state index contributed by atoms with van der Waals surface area (Å²) in [6.07, 6.45) is 3.06. The van der Waals surface area contributed by atoms with Crippen LogP contribution < -0.4 is 5.32 Å². The Kier molecular flexibility index (Phi) is 6.37. The maximum Gasteiger partial charge on any atom is 0.410 e. The van der Waals surface area contributed by atoms with Crippen molar-refractivity contribution in [3.63, 3.8) is 0 Å². The van der Waals surface area contributed by atoms with Crippen LogP contribution in [0.2, 0.25) is 0 Å². The topological polar surface area (TPSA) is 89.3 Å². The van der Waals surface area contributed by atoms with Crippen LogP contribution in [0.5, 0.6) is 0 Å². The first-order valence-electron chi connectivity index (χ1n) is 11.1. The molecule has 0 spiro atoms. The highest BCUT2D eigenvalue weighted by atomic mass is 19.1. The summed E-state index contributed by atoms with van der Waals surface area (Å²) in [7, 11) is 1.58. The molecule has 0 bridgehead atoms. The second-order valence-corrected chi connectivity index (χ2v) is 9.25. The fraction of sp³-hybridized carbons (Fsp3) is 0.360. The van der Waals surface area contributed by atoms with E-state index in [4.69, 9.17) is 9.84 Å². The van der Waals surface area contributed by atoms with Crippen LogP contribution in [-0.2, 0) is 16.1 Å². The molecule has 9 heteroatoms. The zero-order chi connectivity index (χ0) is 24.5. The minimum Gasteiger partial charge on any atom is -0.444 e. The summed E-state index contributed by atoms with van der Waals surface area (Å²) in [5.74, 6) is -0.502. The number of halogens is 1. The van der Waals surface area contributed by atoms with Gasteiger partial charge in [-0.1, -0.05) is 0 Å². The van der Waals surface area contributed by atoms with E-state index in [1.165, 1.54) is 12.1 Å². The number of nitrogens with one attached hydrogen (secondary N) is 1. The molecule has 0 fully saturated rings. The number of carbonyl (C=O) groups excluding carboxylic acids is 2. The van der Waals surface area contributed by atoms with Gasteiger partial charge in [-0.25, -0.2) is 9.18 Å². The van der Waals surface area contributed by atoms with Crippen LogP contribution in [-0.4, -0.2) is 50.9 Å². The summed E-state index contributed by atoms with van der Waals surface area (Å²) in [6.45, 7) is 5.98. The first-order valence-corrected chi connectivity index (χ1v) is 11.1. The van der Waals surface area contributed by atoms with Gasteiger partial charge < -0.3 is 15.0 Å². The first kappa shape index (κ1) is 23.4. The molecule has 1 aliphatic rings. The molecule has 2 aromatic heterocycles. The molecule has 2 amide bonds. The number of fused-ring (bicyclic) bond motifs is 1. The van der Waals surface area contributed by atoms with Crippen LogP contribution in [0, 0.1) is 5.82 Å². The molecule has 3 heterocycles. The van der Waals surface area contributed by atoms with Crippen molar-refractivity contribution in [3.05, 3.63) is 60.3 Å². The number of amides is 2. The maximum absolute atomic E-state index is 13.6. The van der Waals surface area contributed by atoms with Crippen molar-refractivity contribution < 1.29 is 18.7 Å². The molecule has 3 aromatic rings. The fourth-order valence-corrected chi connectivity index (χ4v) is 4.06. The van der Waals surface area contributed by atoms with Crippen molar-refractivity contribution in [2.75, 3.05) is 13.6 Å². The Morgan fingerprint density at radius 1 is 1.12 bits per heavy atom. The summed E-state index contributed by atoms with van der Waals surface area (Å²) < 4.78 is 21.1. The number of nitrogens with zero attached hydrogens (tertiary/aromatic N) is 4. The molecule has 34 heavy (non-hydrogen) atoms. The zero-order valence-electron chi connectivity index (χ0n) is 19.7. The van der Waals surface area contributed by atoms with Crippen LogP contribution in [0.1, 0.15) is 38.9 Å². The van der Waals surface area contributed by atoms with Crippen LogP contribution >= 0.6 is 0 Å². The number of pyridine rings is 1. The van der Waals surface area contributed by atoms with Gasteiger partial charge in [-0.2, -0.15) is 5.10 Å². The number of ether oxygens (including phenoxy) is 1. The van der Waals surface area contributed by atoms with Gasteiger partial charge in [0.2, 0.25) is 5.91 Å². The standard InChI is InChI=1S/C25H28FN5O3/c1-25(2,3)34-24(33)30-14-19(13-21(32)27-4)31-20(15-30)22(16-9-11-28-12-10-16)23(29-31)17-5-7-18(26)8-6-17/h5-12,19H,13-15H2,1-4H3,(H,27,32)/t19-/m1/s1. The molecule has 0 radical (unpaired) electrons. The highest BCUT2D eigenvalue weighted by Gasteiger charge is 2.36. The summed E-state index contributed by atoms with van der Waals surface area (Å²) in [5, 5.41) is 7.53. The van der Waals surface area contributed by atoms with E-state index in [1.807, 2.05) is 37.6 Å². The third-order valence-electron chi connectivity index (χ3n) is 5.57. The molecule has 0 unspecified atom stereocenters. The Hall–Kier alpha value is -3.75. The van der Waals surface area contributed by atoms with E-state index in [2.05, 4.69) is 10.3 Å². The Labute approximate surface area is 197 Å². The van der Waals surface area contributed by atoms with Crippen molar-refractivity contribution in [1.82, 2.24) is 25.0 Å². The molecule has 0 saturated heterocycles. The van der Waals surface area contributed by atoms with Crippen LogP contribution in [0.25, 0.3) is 22.4 Å². The van der Waals surface area contributed by atoms with Crippen molar-refractivity contribution in [2.24, 2.45) is 0 Å². The van der Waals surface area contributed by atoms with E-state index < -0.39 is 17.7 Å². The first-order chi connectivity index (χ1) is 16.2. The summed E-state index contributed by atoms with van der Waals surface area (Å²) in [4.78, 5) is 31.1. The normalized spacial score (nSPS) is 15.6. The number of aromatic nitrogens is 3. The van der Waals surface area contributed by atoms with E-state index in [0.717, 1.165) is 22.4 Å². The average Bonchev–Trinajstić information content (AvgIpc) is 3.18. The molecule has 1 aromatic carbocycles. The Bertz CT molecular complexity index is 1190. The molecule has 1 aliphatic heterocycles. The van der Waals surface area contributed by atoms with Gasteiger partial charge in [0.05, 0.1) is 24.7 Å². The molecule has 0 aliphatic carbocycles. The lowest BCUT2D eigenvalue weighted by atomic mass is 9.98. The smallest absolute Gasteiger partial charge is 0.410 e. The lowest BCUT2D eigenvalue weighted by Crippen LogP contribution is -2.44. The summed E-state index contributed by atoms with van der Waals surface area (Å²) in [6, 6.07) is 9.46. The van der Waals surface area contributed by atoms with Crippen LogP contribution in [0.3, 0.4) is 0 Å². The number of hydrogen-bond donors (Lipinski definition) is 1. The quantitative estimate of drug-likeness (QED) is 0.624. The van der Waals surface area contributed by atoms with Crippen molar-refractivity contribution in [2.45, 2.75) is 45.4 Å². The second-order valence-electron chi connectivity index (χ2n) is 9.25. The van der Waals surface area contributed by atoms with Crippen LogP contribution in [0.4, 0.5) is 9.18 Å². The predicted octanol–water partition coefficient (Wildman–Crippen LogP) is 4.18. The second kappa shape index (κ2) is 9.24. The summed E-state index contributed by atoms with van der Waals surface area (Å²) >= 11 is 0. The molecular formula is C25H28FN5O3. The SMILES string of the molecule is CNC(=O)C[C@@H]1CN(C(=O)OC(C)(C)C)Cc2c(-c3ccncc3)c(-c3ccc(F)cc3)nn21. The lowest BCUT2D eigenvalue weighted by molar-refractivity contribution is -0.121. The van der Waals surface area contributed by atoms with Gasteiger partial charge in [0.25, 0.3) is 0 Å². The molecule has 0 saturated carbocycles. The number of carbonyl (C=O) groups is 2. The van der Waals surface area contributed by atoms with E-state index >= 15 is 0 Å². The van der Waals surface area contributed by atoms with Gasteiger partial charge in [-0.05, 0) is 62.7 Å². The molecule has 8 nitrogen and oxygen atoms in total. The zero-order valence-corrected chi connectivity index (χ0v) is 19.7. The number of benzene rings is 1. The van der Waals surface area contributed by atoms with Gasteiger partial charge in [0.1, 0.15) is 17.1 Å². The van der Waals surface area contributed by atoms with Gasteiger partial charge >= 0.3 is 6.09 Å². The van der Waals surface area contributed by atoms with Gasteiger partial charge in [-0.15, -0.1) is 0 Å². The molecular weight excluding hydrogens is 437 g/mol. The number of rotatable bonds is 4. The minimum atomic E-state index is -0.654. The van der Waals surface area contributed by atoms with Crippen LogP contribution in [0.15, 0.2) is 48.8 Å². The van der Waals surface area contributed by atoms with Gasteiger partial charge in [0.15, 0.2) is 0 Å². The van der Waals surface area contributed by atoms with E-state index in [0.29, 0.717) is 5.69 Å². The molecule has 178 valence electrons. The molecule has 1 N–H and O–H groups in total. The van der Waals surface area contributed by atoms with E-state index in [-0.39, 0.29) is 31.2 Å². The molecule has 4 rings (SSSR count). The number of hydrogen-bond acceptors (Lipinski definition) is 5. The largest absolute Gasteiger partial charge is 0.444 e. The minimum absolute atomic E-state index is 0.142. The van der Waals surface area contributed by atoms with E-state index in [1.54, 1.807) is 36.5 Å². The van der Waals surface area contributed by atoms with Gasteiger partial charge in [-0.3, -0.25) is 14.5 Å².